The number of aryl methyl sites for hydroxylation is 1. The Morgan fingerprint density at radius 1 is 0.968 bits per heavy atom. The molecule has 0 radical (unpaired) electrons. The molecule has 4 aliphatic heterocycles. The number of rotatable bonds is 13. The van der Waals surface area contributed by atoms with Crippen molar-refractivity contribution < 1.29 is 38.7 Å². The minimum Gasteiger partial charge on any atom is -0.477 e. The molecule has 1 aromatic heterocycles. The number of ether oxygens (including phenoxy) is 1. The van der Waals surface area contributed by atoms with E-state index >= 15 is 0 Å². The molecule has 318 valence electrons. The van der Waals surface area contributed by atoms with Crippen LogP contribution in [0, 0.1) is 6.92 Å². The van der Waals surface area contributed by atoms with E-state index in [9.17, 15) is 29.1 Å². The standard InChI is InChI=1S/C46H43ClN6O8S/c1-3-25-60-45(59)51-23-22-34(27-51)52-24-21-30(42(52)55)26-29-19-20-35-36(43(56)53(35)39(29)44(57)58)49-41(54)38(37-40(47)62-28(2)48-37)50-61-46(31-13-7-4-8-14-31,32-15-9-5-10-16-32)33-17-11-6-12-18-33/h3-18,26,34-36H,1,19-25,27H2,2H3,(H,49,54)(H,57,58)/b30-26+,50-38-/t34-,35?,36+/m1/s1. The number of aliphatic carboxylic acids is 1. The maximum Gasteiger partial charge on any atom is 0.410 e. The second-order valence-corrected chi connectivity index (χ2v) is 17.1. The van der Waals surface area contributed by atoms with E-state index in [4.69, 9.17) is 21.2 Å². The summed E-state index contributed by atoms with van der Waals surface area (Å²) in [5.41, 5.74) is 1.17. The molecule has 62 heavy (non-hydrogen) atoms. The number of aromatic nitrogens is 1. The van der Waals surface area contributed by atoms with Crippen LogP contribution in [-0.2, 0) is 34.4 Å². The van der Waals surface area contributed by atoms with Crippen molar-refractivity contribution in [3.05, 3.63) is 158 Å². The summed E-state index contributed by atoms with van der Waals surface area (Å²) in [5, 5.41) is 18.4. The molecule has 0 spiro atoms. The van der Waals surface area contributed by atoms with E-state index in [2.05, 4.69) is 22.0 Å². The molecule has 0 bridgehead atoms. The number of thiazole rings is 1. The molecule has 3 fully saturated rings. The van der Waals surface area contributed by atoms with Crippen molar-refractivity contribution in [3.63, 3.8) is 0 Å². The van der Waals surface area contributed by atoms with E-state index in [1.807, 2.05) is 91.0 Å². The number of hydrogen-bond donors (Lipinski definition) is 2. The van der Waals surface area contributed by atoms with Gasteiger partial charge in [0.1, 0.15) is 28.4 Å². The topological polar surface area (TPSA) is 171 Å². The van der Waals surface area contributed by atoms with Gasteiger partial charge in [-0.1, -0.05) is 120 Å². The minimum absolute atomic E-state index is 0.0651. The van der Waals surface area contributed by atoms with Crippen molar-refractivity contribution in [1.29, 1.82) is 0 Å². The molecule has 4 aromatic rings. The highest BCUT2D eigenvalue weighted by molar-refractivity contribution is 7.16. The lowest BCUT2D eigenvalue weighted by molar-refractivity contribution is -0.155. The minimum atomic E-state index is -1.35. The number of likely N-dealkylation sites (tertiary alicyclic amines) is 2. The Morgan fingerprint density at radius 2 is 1.60 bits per heavy atom. The van der Waals surface area contributed by atoms with Gasteiger partial charge < -0.3 is 29.8 Å². The average molecular weight is 875 g/mol. The van der Waals surface area contributed by atoms with Gasteiger partial charge in [-0.05, 0) is 44.3 Å². The summed E-state index contributed by atoms with van der Waals surface area (Å²) in [5.74, 6) is -2.98. The van der Waals surface area contributed by atoms with Gasteiger partial charge >= 0.3 is 12.1 Å². The largest absolute Gasteiger partial charge is 0.477 e. The lowest BCUT2D eigenvalue weighted by Crippen LogP contribution is -2.72. The van der Waals surface area contributed by atoms with Crippen LogP contribution in [0.15, 0.2) is 132 Å². The number of β-lactam (4-membered cyclic amide) rings is 1. The van der Waals surface area contributed by atoms with Crippen LogP contribution in [0.2, 0.25) is 4.34 Å². The molecular formula is C46H43ClN6O8S. The number of carbonyl (C=O) groups excluding carboxylic acids is 4. The molecule has 8 rings (SSSR count). The van der Waals surface area contributed by atoms with Gasteiger partial charge in [0.25, 0.3) is 11.8 Å². The zero-order chi connectivity index (χ0) is 43.5. The number of carbonyl (C=O) groups is 5. The van der Waals surface area contributed by atoms with Crippen LogP contribution in [0.1, 0.15) is 53.1 Å². The third-order valence-electron chi connectivity index (χ3n) is 11.6. The van der Waals surface area contributed by atoms with Gasteiger partial charge in [0.15, 0.2) is 5.71 Å². The van der Waals surface area contributed by atoms with Gasteiger partial charge in [-0.3, -0.25) is 19.3 Å². The molecule has 1 unspecified atom stereocenters. The molecule has 0 saturated carbocycles. The van der Waals surface area contributed by atoms with Crippen molar-refractivity contribution in [2.75, 3.05) is 26.2 Å². The first-order valence-corrected chi connectivity index (χ1v) is 21.4. The molecule has 3 saturated heterocycles. The number of nitrogens with one attached hydrogen (secondary N) is 1. The highest BCUT2D eigenvalue weighted by atomic mass is 35.5. The normalized spacial score (nSPS) is 20.9. The van der Waals surface area contributed by atoms with Gasteiger partial charge in [0.2, 0.25) is 11.5 Å². The maximum atomic E-state index is 14.4. The Balaban J connectivity index is 1.05. The number of carboxylic acid groups (broad SMARTS) is 1. The zero-order valence-corrected chi connectivity index (χ0v) is 35.3. The van der Waals surface area contributed by atoms with Crippen LogP contribution in [0.4, 0.5) is 4.79 Å². The van der Waals surface area contributed by atoms with Crippen LogP contribution < -0.4 is 5.32 Å². The van der Waals surface area contributed by atoms with E-state index in [0.29, 0.717) is 55.1 Å². The number of halogens is 1. The molecule has 2 N–H and O–H groups in total. The van der Waals surface area contributed by atoms with Crippen molar-refractivity contribution in [2.45, 2.75) is 56.3 Å². The van der Waals surface area contributed by atoms with Crippen LogP contribution in [-0.4, -0.2) is 105 Å². The number of carboxylic acids is 1. The quantitative estimate of drug-likeness (QED) is 0.0397. The van der Waals surface area contributed by atoms with Crippen LogP contribution in [0.3, 0.4) is 0 Å². The van der Waals surface area contributed by atoms with Crippen molar-refractivity contribution >= 4 is 58.4 Å². The van der Waals surface area contributed by atoms with E-state index in [1.165, 1.54) is 11.0 Å². The predicted octanol–water partition coefficient (Wildman–Crippen LogP) is 6.20. The summed E-state index contributed by atoms with van der Waals surface area (Å²) in [4.78, 5) is 82.8. The Hall–Kier alpha value is -6.58. The second-order valence-electron chi connectivity index (χ2n) is 15.3. The number of fused-ring (bicyclic) bond motifs is 1. The van der Waals surface area contributed by atoms with Gasteiger partial charge in [-0.25, -0.2) is 14.6 Å². The predicted molar refractivity (Wildman–Crippen MR) is 231 cm³/mol. The fraction of sp³-hybridized carbons (Fsp3) is 0.283. The summed E-state index contributed by atoms with van der Waals surface area (Å²) >= 11 is 7.83. The fourth-order valence-electron chi connectivity index (χ4n) is 8.68. The van der Waals surface area contributed by atoms with Gasteiger partial charge in [0.05, 0.1) is 17.1 Å². The van der Waals surface area contributed by atoms with Crippen molar-refractivity contribution in [1.82, 2.24) is 25.0 Å². The molecular weight excluding hydrogens is 832 g/mol. The molecule has 4 amide bonds. The smallest absolute Gasteiger partial charge is 0.410 e. The summed E-state index contributed by atoms with van der Waals surface area (Å²) in [7, 11) is 0. The highest BCUT2D eigenvalue weighted by Gasteiger charge is 2.54. The molecule has 5 heterocycles. The lowest BCUT2D eigenvalue weighted by atomic mass is 9.80. The Morgan fingerprint density at radius 3 is 2.16 bits per heavy atom. The molecule has 0 aliphatic carbocycles. The van der Waals surface area contributed by atoms with E-state index in [-0.39, 0.29) is 46.4 Å². The van der Waals surface area contributed by atoms with Gasteiger partial charge in [0, 0.05) is 41.9 Å². The van der Waals surface area contributed by atoms with Crippen LogP contribution >= 0.6 is 22.9 Å². The maximum absolute atomic E-state index is 14.4. The SMILES string of the molecule is C=CCOC(=O)N1CC[C@@H](N2CC/C(=C\C3=C(C(=O)O)N4C(=O)[C@@H](NC(=O)/C(=N\OC(c5ccccc5)(c5ccccc5)c5ccccc5)c5nc(C)sc5Cl)C4CC3)C2=O)C1. The summed E-state index contributed by atoms with van der Waals surface area (Å²) in [6.07, 6.45) is 4.12. The number of amides is 4. The first-order valence-electron chi connectivity index (χ1n) is 20.2. The zero-order valence-electron chi connectivity index (χ0n) is 33.7. The average Bonchev–Trinajstić information content (AvgIpc) is 4.01. The van der Waals surface area contributed by atoms with Crippen LogP contribution in [0.25, 0.3) is 0 Å². The van der Waals surface area contributed by atoms with Crippen molar-refractivity contribution in [3.8, 4) is 0 Å². The number of allylic oxidation sites excluding steroid dienone is 2. The summed E-state index contributed by atoms with van der Waals surface area (Å²) in [6, 6.07) is 26.4. The Kier molecular flexibility index (Phi) is 12.1. The number of hydrogen-bond acceptors (Lipinski definition) is 10. The van der Waals surface area contributed by atoms with E-state index in [0.717, 1.165) is 28.0 Å². The molecule has 3 aromatic carbocycles. The highest BCUT2D eigenvalue weighted by Crippen LogP contribution is 2.42. The lowest BCUT2D eigenvalue weighted by Gasteiger charge is -2.50. The fourth-order valence-corrected chi connectivity index (χ4v) is 9.78. The van der Waals surface area contributed by atoms with Gasteiger partial charge in [-0.2, -0.15) is 0 Å². The summed E-state index contributed by atoms with van der Waals surface area (Å²) < 4.78 is 5.34. The second kappa shape index (κ2) is 17.8. The van der Waals surface area contributed by atoms with Gasteiger partial charge in [-0.15, -0.1) is 11.3 Å². The first-order chi connectivity index (χ1) is 30.0. The number of benzene rings is 3. The van der Waals surface area contributed by atoms with E-state index in [1.54, 1.807) is 22.8 Å². The number of nitrogens with zero attached hydrogens (tertiary/aromatic N) is 5. The van der Waals surface area contributed by atoms with E-state index < -0.39 is 41.6 Å². The molecule has 3 atom stereocenters. The first kappa shape index (κ1) is 42.1. The third-order valence-corrected chi connectivity index (χ3v) is 12.8. The van der Waals surface area contributed by atoms with Crippen LogP contribution in [0.5, 0.6) is 0 Å². The summed E-state index contributed by atoms with van der Waals surface area (Å²) in [6.45, 7) is 6.58. The monoisotopic (exact) mass is 874 g/mol. The number of oxime groups is 1. The molecule has 4 aliphatic rings. The van der Waals surface area contributed by atoms with Crippen molar-refractivity contribution in [2.24, 2.45) is 5.16 Å². The Bertz CT molecular complexity index is 2410. The Labute approximate surface area is 366 Å². The third kappa shape index (κ3) is 7.89. The molecule has 16 heteroatoms. The molecule has 14 nitrogen and oxygen atoms in total.